The summed E-state index contributed by atoms with van der Waals surface area (Å²) in [7, 11) is 2.15. The van der Waals surface area contributed by atoms with Crippen molar-refractivity contribution in [1.29, 1.82) is 0 Å². The van der Waals surface area contributed by atoms with Crippen LogP contribution in [-0.4, -0.2) is 60.8 Å². The molecule has 0 heterocycles. The van der Waals surface area contributed by atoms with E-state index in [2.05, 4.69) is 16.0 Å². The highest BCUT2D eigenvalue weighted by molar-refractivity contribution is 6.60. The maximum absolute atomic E-state index is 12.0. The van der Waals surface area contributed by atoms with Gasteiger partial charge in [-0.15, -0.1) is 0 Å². The molecule has 0 radical (unpaired) electrons. The fourth-order valence-electron chi connectivity index (χ4n) is 3.09. The number of urea groups is 2. The number of carbonyl (C=O) groups excluding carboxylic acids is 2. The molecule has 1 aliphatic carbocycles. The maximum Gasteiger partial charge on any atom is 0.500 e. The van der Waals surface area contributed by atoms with Crippen molar-refractivity contribution in [2.45, 2.75) is 56.7 Å². The highest BCUT2D eigenvalue weighted by Crippen LogP contribution is 2.18. The van der Waals surface area contributed by atoms with E-state index in [-0.39, 0.29) is 18.1 Å². The van der Waals surface area contributed by atoms with Crippen molar-refractivity contribution in [2.75, 3.05) is 27.9 Å². The molecule has 0 aromatic heterocycles. The van der Waals surface area contributed by atoms with Gasteiger partial charge in [-0.2, -0.15) is 0 Å². The molecule has 146 valence electrons. The second-order valence-electron chi connectivity index (χ2n) is 6.21. The molecule has 5 N–H and O–H groups in total. The number of hydrogen-bond donors (Lipinski definition) is 4. The third-order valence-electron chi connectivity index (χ3n) is 4.53. The molecule has 2 atom stereocenters. The Labute approximate surface area is 150 Å². The molecule has 9 nitrogen and oxygen atoms in total. The van der Waals surface area contributed by atoms with Crippen LogP contribution in [0.1, 0.15) is 38.5 Å². The van der Waals surface area contributed by atoms with Crippen molar-refractivity contribution in [3.63, 3.8) is 0 Å². The largest absolute Gasteiger partial charge is 0.500 e. The number of primary amides is 1. The zero-order valence-corrected chi connectivity index (χ0v) is 16.4. The number of carbonyl (C=O) groups is 2. The maximum atomic E-state index is 12.0. The summed E-state index contributed by atoms with van der Waals surface area (Å²) >= 11 is 0. The fourth-order valence-corrected chi connectivity index (χ4v) is 4.81. The molecule has 4 amide bonds. The van der Waals surface area contributed by atoms with Gasteiger partial charge in [0.1, 0.15) is 0 Å². The van der Waals surface area contributed by atoms with E-state index in [0.717, 1.165) is 32.1 Å². The molecule has 1 fully saturated rings. The van der Waals surface area contributed by atoms with Gasteiger partial charge in [0.05, 0.1) is 0 Å². The SMILES string of the molecule is CO[Si](CCCNC(=O)NC1CCCC(NC(N)=O)CC1)(OC)OC. The van der Waals surface area contributed by atoms with Gasteiger partial charge in [0.15, 0.2) is 0 Å². The van der Waals surface area contributed by atoms with Gasteiger partial charge in [-0.3, -0.25) is 0 Å². The van der Waals surface area contributed by atoms with E-state index in [1.807, 2.05) is 0 Å². The normalized spacial score (nSPS) is 21.2. The third-order valence-corrected chi connectivity index (χ3v) is 7.36. The van der Waals surface area contributed by atoms with Crippen LogP contribution in [-0.2, 0) is 13.3 Å². The predicted molar refractivity (Wildman–Crippen MR) is 96.1 cm³/mol. The van der Waals surface area contributed by atoms with Crippen molar-refractivity contribution in [3.8, 4) is 0 Å². The fraction of sp³-hybridized carbons (Fsp3) is 0.867. The number of nitrogens with two attached hydrogens (primary N) is 1. The Bertz CT molecular complexity index is 414. The van der Waals surface area contributed by atoms with E-state index in [9.17, 15) is 9.59 Å². The average molecular weight is 377 g/mol. The Morgan fingerprint density at radius 2 is 1.56 bits per heavy atom. The molecule has 0 aliphatic heterocycles. The van der Waals surface area contributed by atoms with E-state index in [1.165, 1.54) is 0 Å². The first-order valence-electron chi connectivity index (χ1n) is 8.70. The van der Waals surface area contributed by atoms with Crippen molar-refractivity contribution in [2.24, 2.45) is 5.73 Å². The van der Waals surface area contributed by atoms with Gasteiger partial charge in [0.2, 0.25) is 0 Å². The lowest BCUT2D eigenvalue weighted by molar-refractivity contribution is 0.123. The van der Waals surface area contributed by atoms with Gasteiger partial charge in [0, 0.05) is 46.0 Å². The van der Waals surface area contributed by atoms with Crippen LogP contribution >= 0.6 is 0 Å². The topological polar surface area (TPSA) is 124 Å². The second kappa shape index (κ2) is 11.3. The molecule has 1 aliphatic rings. The summed E-state index contributed by atoms with van der Waals surface area (Å²) in [5, 5.41) is 8.60. The van der Waals surface area contributed by atoms with Gasteiger partial charge in [-0.25, -0.2) is 9.59 Å². The van der Waals surface area contributed by atoms with Crippen LogP contribution in [0.25, 0.3) is 0 Å². The molecule has 1 saturated carbocycles. The van der Waals surface area contributed by atoms with Crippen LogP contribution < -0.4 is 21.7 Å². The van der Waals surface area contributed by atoms with Crippen LogP contribution in [0.5, 0.6) is 0 Å². The van der Waals surface area contributed by atoms with Crippen LogP contribution in [0.2, 0.25) is 6.04 Å². The summed E-state index contributed by atoms with van der Waals surface area (Å²) in [5.41, 5.74) is 5.16. The molecule has 0 spiro atoms. The van der Waals surface area contributed by atoms with E-state index >= 15 is 0 Å². The Morgan fingerprint density at radius 3 is 2.08 bits per heavy atom. The quantitative estimate of drug-likeness (QED) is 0.271. The molecule has 0 bridgehead atoms. The minimum atomic E-state index is -2.58. The lowest BCUT2D eigenvalue weighted by Crippen LogP contribution is -2.45. The van der Waals surface area contributed by atoms with Crippen molar-refractivity contribution < 1.29 is 22.9 Å². The smallest absolute Gasteiger partial charge is 0.377 e. The summed E-state index contributed by atoms with van der Waals surface area (Å²) in [6.07, 6.45) is 5.09. The molecule has 1 rings (SSSR count). The number of amides is 4. The van der Waals surface area contributed by atoms with Gasteiger partial charge < -0.3 is 35.0 Å². The molecular formula is C15H32N4O5Si. The first-order valence-corrected chi connectivity index (χ1v) is 10.6. The monoisotopic (exact) mass is 376 g/mol. The first kappa shape index (κ1) is 21.7. The van der Waals surface area contributed by atoms with Gasteiger partial charge in [-0.1, -0.05) is 0 Å². The Kier molecular flexibility index (Phi) is 9.79. The van der Waals surface area contributed by atoms with Crippen LogP contribution in [0.15, 0.2) is 0 Å². The Hall–Kier alpha value is -1.36. The molecule has 10 heteroatoms. The molecule has 0 aromatic carbocycles. The Morgan fingerprint density at radius 1 is 1.00 bits per heavy atom. The highest BCUT2D eigenvalue weighted by atomic mass is 28.4. The van der Waals surface area contributed by atoms with E-state index < -0.39 is 14.8 Å². The zero-order valence-electron chi connectivity index (χ0n) is 15.4. The Balaban J connectivity index is 2.25. The number of nitrogens with one attached hydrogen (secondary N) is 3. The zero-order chi connectivity index (χ0) is 18.7. The molecule has 0 aromatic rings. The molecule has 0 saturated heterocycles. The molecule has 25 heavy (non-hydrogen) atoms. The van der Waals surface area contributed by atoms with E-state index in [1.54, 1.807) is 21.3 Å². The minimum Gasteiger partial charge on any atom is -0.377 e. The van der Waals surface area contributed by atoms with Crippen molar-refractivity contribution in [1.82, 2.24) is 16.0 Å². The van der Waals surface area contributed by atoms with Crippen molar-refractivity contribution in [3.05, 3.63) is 0 Å². The van der Waals surface area contributed by atoms with Gasteiger partial charge in [-0.05, 0) is 38.5 Å². The highest BCUT2D eigenvalue weighted by Gasteiger charge is 2.36. The lowest BCUT2D eigenvalue weighted by Gasteiger charge is -2.24. The summed E-state index contributed by atoms with van der Waals surface area (Å²) < 4.78 is 16.0. The van der Waals surface area contributed by atoms with E-state index in [0.29, 0.717) is 19.0 Å². The summed E-state index contributed by atoms with van der Waals surface area (Å²) in [4.78, 5) is 23.0. The average Bonchev–Trinajstić information content (AvgIpc) is 2.80. The first-order chi connectivity index (χ1) is 11.9. The molecule has 2 unspecified atom stereocenters. The summed E-state index contributed by atoms with van der Waals surface area (Å²) in [6, 6.07) is 0.191. The van der Waals surface area contributed by atoms with Crippen LogP contribution in [0.4, 0.5) is 9.59 Å². The molecular weight excluding hydrogens is 344 g/mol. The van der Waals surface area contributed by atoms with Crippen LogP contribution in [0, 0.1) is 0 Å². The van der Waals surface area contributed by atoms with Crippen LogP contribution in [0.3, 0.4) is 0 Å². The summed E-state index contributed by atoms with van der Waals surface area (Å²) in [5.74, 6) is 0. The van der Waals surface area contributed by atoms with Gasteiger partial charge in [0.25, 0.3) is 0 Å². The van der Waals surface area contributed by atoms with Gasteiger partial charge >= 0.3 is 20.9 Å². The van der Waals surface area contributed by atoms with Crippen molar-refractivity contribution >= 4 is 20.9 Å². The summed E-state index contributed by atoms with van der Waals surface area (Å²) in [6.45, 7) is 0.523. The standard InChI is InChI=1S/C15H32N4O5Si/c1-22-25(23-2,24-3)11-5-10-17-15(21)19-13-7-4-6-12(8-9-13)18-14(16)20/h12-13H,4-11H2,1-3H3,(H3,16,18,20)(H2,17,19,21). The second-order valence-corrected chi connectivity index (χ2v) is 9.30. The predicted octanol–water partition coefficient (Wildman–Crippen LogP) is 0.923. The number of rotatable bonds is 9. The van der Waals surface area contributed by atoms with E-state index in [4.69, 9.17) is 19.0 Å². The lowest BCUT2D eigenvalue weighted by atomic mass is 10.1. The number of hydrogen-bond acceptors (Lipinski definition) is 5. The minimum absolute atomic E-state index is 0.0996. The third kappa shape index (κ3) is 8.04.